The number of nitrogens with two attached hydrogens (primary N) is 1. The highest BCUT2D eigenvalue weighted by Gasteiger charge is 2.30. The fourth-order valence-corrected chi connectivity index (χ4v) is 2.86. The van der Waals surface area contributed by atoms with Gasteiger partial charge in [0.1, 0.15) is 0 Å². The second-order valence-electron chi connectivity index (χ2n) is 4.90. The number of rotatable bonds is 2. The third-order valence-electron chi connectivity index (χ3n) is 3.84. The fourth-order valence-electron chi connectivity index (χ4n) is 2.86. The van der Waals surface area contributed by atoms with Gasteiger partial charge in [-0.05, 0) is 43.0 Å². The molecule has 92 valence electrons. The average Bonchev–Trinajstić information content (AvgIpc) is 2.82. The Labute approximate surface area is 107 Å². The highest BCUT2D eigenvalue weighted by molar-refractivity contribution is 5.34. The number of aryl methyl sites for hydroxylation is 2. The lowest BCUT2D eigenvalue weighted by atomic mass is 9.91. The van der Waals surface area contributed by atoms with Crippen LogP contribution < -0.4 is 5.73 Å². The summed E-state index contributed by atoms with van der Waals surface area (Å²) in [5, 5.41) is 0. The summed E-state index contributed by atoms with van der Waals surface area (Å²) >= 11 is 0. The molecule has 0 spiro atoms. The molecule has 0 aliphatic heterocycles. The summed E-state index contributed by atoms with van der Waals surface area (Å²) in [7, 11) is 0. The Bertz CT molecular complexity index is 565. The van der Waals surface area contributed by atoms with Crippen molar-refractivity contribution in [2.45, 2.75) is 31.7 Å². The normalized spacial score (nSPS) is 19.6. The molecular weight excluding hydrogens is 222 g/mol. The maximum Gasteiger partial charge on any atom is 0.0485 e. The van der Waals surface area contributed by atoms with Crippen molar-refractivity contribution in [3.8, 4) is 0 Å². The molecule has 0 aromatic carbocycles. The van der Waals surface area contributed by atoms with Crippen LogP contribution in [0.4, 0.5) is 0 Å². The predicted octanol–water partition coefficient (Wildman–Crippen LogP) is 2.51. The molecule has 0 fully saturated rings. The molecule has 0 amide bonds. The van der Waals surface area contributed by atoms with Gasteiger partial charge in [-0.15, -0.1) is 0 Å². The molecule has 3 nitrogen and oxygen atoms in total. The van der Waals surface area contributed by atoms with E-state index in [9.17, 15) is 0 Å². The van der Waals surface area contributed by atoms with Gasteiger partial charge in [0.2, 0.25) is 0 Å². The topological polar surface area (TPSA) is 51.8 Å². The van der Waals surface area contributed by atoms with Gasteiger partial charge in [0, 0.05) is 35.7 Å². The minimum atomic E-state index is -0.00477. The van der Waals surface area contributed by atoms with Crippen LogP contribution in [-0.4, -0.2) is 9.97 Å². The van der Waals surface area contributed by atoms with Gasteiger partial charge in [0.15, 0.2) is 0 Å². The summed E-state index contributed by atoms with van der Waals surface area (Å²) < 4.78 is 0. The molecule has 2 N–H and O–H groups in total. The molecule has 2 unspecified atom stereocenters. The van der Waals surface area contributed by atoms with Gasteiger partial charge in [0.25, 0.3) is 0 Å². The molecule has 3 rings (SSSR count). The number of hydrogen-bond acceptors (Lipinski definition) is 3. The van der Waals surface area contributed by atoms with Crippen LogP contribution in [0.1, 0.15) is 40.9 Å². The van der Waals surface area contributed by atoms with Gasteiger partial charge >= 0.3 is 0 Å². The maximum atomic E-state index is 6.44. The summed E-state index contributed by atoms with van der Waals surface area (Å²) in [4.78, 5) is 8.84. The molecule has 2 atom stereocenters. The van der Waals surface area contributed by atoms with E-state index in [1.54, 1.807) is 0 Å². The van der Waals surface area contributed by atoms with E-state index in [0.29, 0.717) is 5.92 Å². The fraction of sp³-hybridized carbons (Fsp3) is 0.333. The first-order chi connectivity index (χ1) is 8.77. The van der Waals surface area contributed by atoms with Crippen LogP contribution in [0.15, 0.2) is 36.7 Å². The molecule has 1 aliphatic rings. The van der Waals surface area contributed by atoms with Crippen molar-refractivity contribution >= 4 is 0 Å². The molecule has 18 heavy (non-hydrogen) atoms. The van der Waals surface area contributed by atoms with E-state index < -0.39 is 0 Å². The van der Waals surface area contributed by atoms with E-state index in [-0.39, 0.29) is 6.04 Å². The number of fused-ring (bicyclic) bond motifs is 1. The second-order valence-corrected chi connectivity index (χ2v) is 4.90. The third kappa shape index (κ3) is 1.81. The molecule has 0 saturated heterocycles. The van der Waals surface area contributed by atoms with Crippen molar-refractivity contribution in [2.24, 2.45) is 5.73 Å². The molecule has 1 aliphatic carbocycles. The predicted molar refractivity (Wildman–Crippen MR) is 71.2 cm³/mol. The van der Waals surface area contributed by atoms with Crippen molar-refractivity contribution in [2.75, 3.05) is 0 Å². The minimum absolute atomic E-state index is 0.00477. The molecular formula is C15H17N3. The van der Waals surface area contributed by atoms with Crippen molar-refractivity contribution < 1.29 is 0 Å². The molecule has 2 heterocycles. The van der Waals surface area contributed by atoms with Crippen LogP contribution in [0, 0.1) is 6.92 Å². The first-order valence-electron chi connectivity index (χ1n) is 6.38. The van der Waals surface area contributed by atoms with E-state index in [1.165, 1.54) is 11.3 Å². The van der Waals surface area contributed by atoms with E-state index >= 15 is 0 Å². The van der Waals surface area contributed by atoms with Gasteiger partial charge in [0.05, 0.1) is 0 Å². The van der Waals surface area contributed by atoms with E-state index in [4.69, 9.17) is 5.73 Å². The van der Waals surface area contributed by atoms with Gasteiger partial charge in [-0.1, -0.05) is 12.1 Å². The Hall–Kier alpha value is -1.74. The summed E-state index contributed by atoms with van der Waals surface area (Å²) in [5.41, 5.74) is 11.1. The standard InChI is InChI=1S/C15H17N3/c1-10-12(5-3-8-17-10)14(16)13-7-6-11-4-2-9-18-15(11)13/h2-5,8-9,13-14H,6-7,16H2,1H3. The van der Waals surface area contributed by atoms with E-state index in [0.717, 1.165) is 24.1 Å². The van der Waals surface area contributed by atoms with Crippen molar-refractivity contribution in [3.63, 3.8) is 0 Å². The highest BCUT2D eigenvalue weighted by atomic mass is 14.8. The Kier molecular flexibility index (Phi) is 2.84. The van der Waals surface area contributed by atoms with E-state index in [1.807, 2.05) is 31.5 Å². The number of hydrogen-bond donors (Lipinski definition) is 1. The number of pyridine rings is 2. The number of nitrogens with zero attached hydrogens (tertiary/aromatic N) is 2. The maximum absolute atomic E-state index is 6.44. The Morgan fingerprint density at radius 3 is 2.83 bits per heavy atom. The smallest absolute Gasteiger partial charge is 0.0485 e. The molecule has 0 saturated carbocycles. The zero-order valence-electron chi connectivity index (χ0n) is 10.5. The first kappa shape index (κ1) is 11.4. The summed E-state index contributed by atoms with van der Waals surface area (Å²) in [6.07, 6.45) is 5.84. The molecule has 2 aromatic rings. The third-order valence-corrected chi connectivity index (χ3v) is 3.84. The molecule has 0 bridgehead atoms. The summed E-state index contributed by atoms with van der Waals surface area (Å²) in [6, 6.07) is 8.19. The number of aromatic nitrogens is 2. The molecule has 2 aromatic heterocycles. The Morgan fingerprint density at radius 2 is 2.00 bits per heavy atom. The summed E-state index contributed by atoms with van der Waals surface area (Å²) in [6.45, 7) is 2.02. The molecule has 3 heteroatoms. The lowest BCUT2D eigenvalue weighted by Gasteiger charge is -2.21. The monoisotopic (exact) mass is 239 g/mol. The molecule has 0 radical (unpaired) electrons. The van der Waals surface area contributed by atoms with Gasteiger partial charge in [-0.2, -0.15) is 0 Å². The average molecular weight is 239 g/mol. The van der Waals surface area contributed by atoms with Crippen LogP contribution in [-0.2, 0) is 6.42 Å². The van der Waals surface area contributed by atoms with Crippen LogP contribution in [0.2, 0.25) is 0 Å². The lowest BCUT2D eigenvalue weighted by molar-refractivity contribution is 0.537. The van der Waals surface area contributed by atoms with Crippen LogP contribution in [0.5, 0.6) is 0 Å². The van der Waals surface area contributed by atoms with Crippen molar-refractivity contribution in [1.82, 2.24) is 9.97 Å². The van der Waals surface area contributed by atoms with Crippen molar-refractivity contribution in [3.05, 3.63) is 59.2 Å². The first-order valence-corrected chi connectivity index (χ1v) is 6.38. The Balaban J connectivity index is 1.96. The zero-order valence-corrected chi connectivity index (χ0v) is 10.5. The van der Waals surface area contributed by atoms with Gasteiger partial charge in [-0.3, -0.25) is 9.97 Å². The Morgan fingerprint density at radius 1 is 1.22 bits per heavy atom. The van der Waals surface area contributed by atoms with Crippen LogP contribution in [0.25, 0.3) is 0 Å². The largest absolute Gasteiger partial charge is 0.323 e. The highest BCUT2D eigenvalue weighted by Crippen LogP contribution is 2.39. The van der Waals surface area contributed by atoms with Gasteiger partial charge < -0.3 is 5.73 Å². The van der Waals surface area contributed by atoms with Crippen LogP contribution >= 0.6 is 0 Å². The van der Waals surface area contributed by atoms with E-state index in [2.05, 4.69) is 22.1 Å². The van der Waals surface area contributed by atoms with Crippen molar-refractivity contribution in [1.29, 1.82) is 0 Å². The lowest BCUT2D eigenvalue weighted by Crippen LogP contribution is -2.20. The SMILES string of the molecule is Cc1ncccc1C(N)C1CCc2cccnc21. The quantitative estimate of drug-likeness (QED) is 0.876. The van der Waals surface area contributed by atoms with Gasteiger partial charge in [-0.25, -0.2) is 0 Å². The zero-order chi connectivity index (χ0) is 12.5. The minimum Gasteiger partial charge on any atom is -0.323 e. The summed E-state index contributed by atoms with van der Waals surface area (Å²) in [5.74, 6) is 0.323. The second kappa shape index (κ2) is 4.50. The van der Waals surface area contributed by atoms with Crippen LogP contribution in [0.3, 0.4) is 0 Å².